The van der Waals surface area contributed by atoms with Crippen molar-refractivity contribution in [2.75, 3.05) is 20.3 Å². The largest absolute Gasteiger partial charge is 0.495 e. The third-order valence-corrected chi connectivity index (χ3v) is 5.15. The molecule has 0 spiro atoms. The van der Waals surface area contributed by atoms with Crippen LogP contribution in [0.4, 0.5) is 0 Å². The van der Waals surface area contributed by atoms with Crippen molar-refractivity contribution in [2.45, 2.75) is 32.2 Å². The Kier molecular flexibility index (Phi) is 5.90. The molecule has 1 aliphatic rings. The van der Waals surface area contributed by atoms with E-state index in [1.54, 1.807) is 7.11 Å². The molecule has 1 aromatic rings. The molecule has 1 fully saturated rings. The van der Waals surface area contributed by atoms with Crippen molar-refractivity contribution in [2.24, 2.45) is 5.41 Å². The molecule has 0 atom stereocenters. The first kappa shape index (κ1) is 16.3. The van der Waals surface area contributed by atoms with Crippen LogP contribution < -0.4 is 10.1 Å². The van der Waals surface area contributed by atoms with Gasteiger partial charge < -0.3 is 15.2 Å². The first-order valence-electron chi connectivity index (χ1n) is 6.94. The normalized spacial score (nSPS) is 17.4. The molecule has 0 amide bonds. The van der Waals surface area contributed by atoms with Gasteiger partial charge in [0.25, 0.3) is 0 Å². The van der Waals surface area contributed by atoms with Crippen LogP contribution in [0.5, 0.6) is 5.75 Å². The molecule has 0 aromatic heterocycles. The summed E-state index contributed by atoms with van der Waals surface area (Å²) in [5.41, 5.74) is 1.19. The molecule has 0 radical (unpaired) electrons. The van der Waals surface area contributed by atoms with Gasteiger partial charge in [0.1, 0.15) is 5.75 Å². The molecule has 2 rings (SSSR count). The number of aliphatic hydroxyl groups excluding tert-OH is 1. The predicted octanol–water partition coefficient (Wildman–Crippen LogP) is 3.86. The Morgan fingerprint density at radius 3 is 2.60 bits per heavy atom. The van der Waals surface area contributed by atoms with E-state index in [0.717, 1.165) is 46.2 Å². The predicted molar refractivity (Wildman–Crippen MR) is 88.1 cm³/mol. The van der Waals surface area contributed by atoms with E-state index in [2.05, 4.69) is 43.2 Å². The minimum Gasteiger partial charge on any atom is -0.495 e. The topological polar surface area (TPSA) is 41.5 Å². The van der Waals surface area contributed by atoms with Crippen LogP contribution >= 0.6 is 31.9 Å². The van der Waals surface area contributed by atoms with Gasteiger partial charge in [-0.3, -0.25) is 0 Å². The van der Waals surface area contributed by atoms with Crippen molar-refractivity contribution in [1.29, 1.82) is 0 Å². The third kappa shape index (κ3) is 3.75. The summed E-state index contributed by atoms with van der Waals surface area (Å²) in [6.45, 7) is 1.87. The van der Waals surface area contributed by atoms with E-state index in [1.807, 2.05) is 6.07 Å². The van der Waals surface area contributed by atoms with E-state index in [0.29, 0.717) is 0 Å². The lowest BCUT2D eigenvalue weighted by Crippen LogP contribution is -2.34. The lowest BCUT2D eigenvalue weighted by molar-refractivity contribution is 0.128. The molecule has 20 heavy (non-hydrogen) atoms. The SMILES string of the molecule is COc1c(Br)cc(Br)cc1CNCC1(CO)CCCC1. The number of ether oxygens (including phenoxy) is 1. The Morgan fingerprint density at radius 2 is 2.00 bits per heavy atom. The van der Waals surface area contributed by atoms with Crippen LogP contribution in [-0.4, -0.2) is 25.4 Å². The number of rotatable bonds is 6. The lowest BCUT2D eigenvalue weighted by atomic mass is 9.87. The highest BCUT2D eigenvalue weighted by Gasteiger charge is 2.32. The van der Waals surface area contributed by atoms with Crippen LogP contribution in [-0.2, 0) is 6.54 Å². The van der Waals surface area contributed by atoms with Crippen LogP contribution in [0, 0.1) is 5.41 Å². The molecule has 1 aliphatic carbocycles. The van der Waals surface area contributed by atoms with Gasteiger partial charge in [0.15, 0.2) is 0 Å². The number of hydrogen-bond donors (Lipinski definition) is 2. The van der Waals surface area contributed by atoms with E-state index in [4.69, 9.17) is 4.74 Å². The standard InChI is InChI=1S/C15H21Br2NO2/c1-20-14-11(6-12(16)7-13(14)17)8-18-9-15(10-19)4-2-3-5-15/h6-7,18-19H,2-5,8-10H2,1H3. The summed E-state index contributed by atoms with van der Waals surface area (Å²) in [6.07, 6.45) is 4.70. The summed E-state index contributed by atoms with van der Waals surface area (Å²) >= 11 is 7.02. The molecule has 0 saturated heterocycles. The molecule has 3 nitrogen and oxygen atoms in total. The summed E-state index contributed by atoms with van der Waals surface area (Å²) in [4.78, 5) is 0. The van der Waals surface area contributed by atoms with Crippen LogP contribution in [0.15, 0.2) is 21.1 Å². The minimum atomic E-state index is 0.0798. The molecular formula is C15H21Br2NO2. The molecule has 0 heterocycles. The van der Waals surface area contributed by atoms with Gasteiger partial charge in [-0.1, -0.05) is 28.8 Å². The van der Waals surface area contributed by atoms with Crippen molar-refractivity contribution in [3.05, 3.63) is 26.6 Å². The first-order chi connectivity index (χ1) is 9.60. The average molecular weight is 407 g/mol. The van der Waals surface area contributed by atoms with Crippen LogP contribution in [0.25, 0.3) is 0 Å². The van der Waals surface area contributed by atoms with E-state index >= 15 is 0 Å². The van der Waals surface area contributed by atoms with Gasteiger partial charge in [-0.25, -0.2) is 0 Å². The molecule has 0 aliphatic heterocycles. The molecule has 5 heteroatoms. The zero-order valence-electron chi connectivity index (χ0n) is 11.7. The maximum Gasteiger partial charge on any atom is 0.137 e. The monoisotopic (exact) mass is 405 g/mol. The van der Waals surface area contributed by atoms with Crippen molar-refractivity contribution in [3.63, 3.8) is 0 Å². The highest BCUT2D eigenvalue weighted by atomic mass is 79.9. The second kappa shape index (κ2) is 7.25. The number of hydrogen-bond acceptors (Lipinski definition) is 3. The van der Waals surface area contributed by atoms with Gasteiger partial charge in [0.2, 0.25) is 0 Å². The number of methoxy groups -OCH3 is 1. The van der Waals surface area contributed by atoms with Crippen molar-refractivity contribution >= 4 is 31.9 Å². The Hall–Kier alpha value is -0.100. The van der Waals surface area contributed by atoms with E-state index in [1.165, 1.54) is 12.8 Å². The fourth-order valence-corrected chi connectivity index (χ4v) is 4.43. The third-order valence-electron chi connectivity index (χ3n) is 4.10. The molecule has 112 valence electrons. The maximum atomic E-state index is 9.62. The van der Waals surface area contributed by atoms with Gasteiger partial charge in [-0.15, -0.1) is 0 Å². The second-order valence-electron chi connectivity index (χ2n) is 5.55. The van der Waals surface area contributed by atoms with Crippen LogP contribution in [0.1, 0.15) is 31.2 Å². The highest BCUT2D eigenvalue weighted by molar-refractivity contribution is 9.11. The fraction of sp³-hybridized carbons (Fsp3) is 0.600. The summed E-state index contributed by atoms with van der Waals surface area (Å²) in [5, 5.41) is 13.1. The smallest absolute Gasteiger partial charge is 0.137 e. The quantitative estimate of drug-likeness (QED) is 0.753. The number of nitrogens with one attached hydrogen (secondary N) is 1. The van der Waals surface area contributed by atoms with Gasteiger partial charge in [0, 0.05) is 35.1 Å². The average Bonchev–Trinajstić information content (AvgIpc) is 2.88. The summed E-state index contributed by atoms with van der Waals surface area (Å²) in [7, 11) is 1.68. The van der Waals surface area contributed by atoms with Gasteiger partial charge in [-0.2, -0.15) is 0 Å². The second-order valence-corrected chi connectivity index (χ2v) is 7.32. The summed E-state index contributed by atoms with van der Waals surface area (Å²) in [6, 6.07) is 4.05. The van der Waals surface area contributed by atoms with E-state index in [9.17, 15) is 5.11 Å². The number of benzene rings is 1. The van der Waals surface area contributed by atoms with E-state index < -0.39 is 0 Å². The zero-order chi connectivity index (χ0) is 14.6. The van der Waals surface area contributed by atoms with Gasteiger partial charge in [0.05, 0.1) is 11.6 Å². The van der Waals surface area contributed by atoms with E-state index in [-0.39, 0.29) is 12.0 Å². The van der Waals surface area contributed by atoms with Crippen molar-refractivity contribution in [1.82, 2.24) is 5.32 Å². The number of halogens is 2. The van der Waals surface area contributed by atoms with Crippen molar-refractivity contribution in [3.8, 4) is 5.75 Å². The Morgan fingerprint density at radius 1 is 1.30 bits per heavy atom. The van der Waals surface area contributed by atoms with Crippen molar-refractivity contribution < 1.29 is 9.84 Å². The van der Waals surface area contributed by atoms with Crippen LogP contribution in [0.3, 0.4) is 0 Å². The maximum absolute atomic E-state index is 9.62. The fourth-order valence-electron chi connectivity index (χ4n) is 2.95. The Bertz CT molecular complexity index is 459. The molecule has 0 unspecified atom stereocenters. The Labute approximate surface area is 137 Å². The highest BCUT2D eigenvalue weighted by Crippen LogP contribution is 2.37. The minimum absolute atomic E-state index is 0.0798. The first-order valence-corrected chi connectivity index (χ1v) is 8.52. The number of aliphatic hydroxyl groups is 1. The van der Waals surface area contributed by atoms with Crippen LogP contribution in [0.2, 0.25) is 0 Å². The molecule has 1 aromatic carbocycles. The molecule has 1 saturated carbocycles. The molecule has 0 bridgehead atoms. The molecular weight excluding hydrogens is 386 g/mol. The molecule has 2 N–H and O–H groups in total. The van der Waals surface area contributed by atoms with Gasteiger partial charge >= 0.3 is 0 Å². The lowest BCUT2D eigenvalue weighted by Gasteiger charge is -2.27. The van der Waals surface area contributed by atoms with Gasteiger partial charge in [-0.05, 0) is 40.9 Å². The summed E-state index contributed by atoms with van der Waals surface area (Å²) < 4.78 is 7.42. The zero-order valence-corrected chi connectivity index (χ0v) is 14.9. The summed E-state index contributed by atoms with van der Waals surface area (Å²) in [5.74, 6) is 0.866. The Balaban J connectivity index is 2.00.